The summed E-state index contributed by atoms with van der Waals surface area (Å²) in [6.45, 7) is 12.9. The predicted molar refractivity (Wildman–Crippen MR) is 76.4 cm³/mol. The van der Waals surface area contributed by atoms with Gasteiger partial charge in [-0.15, -0.1) is 0 Å². The molecule has 2 nitrogen and oxygen atoms in total. The first-order chi connectivity index (χ1) is 8.04. The number of aliphatic hydroxyl groups excluding tert-OH is 1. The Bertz CT molecular complexity index is 263. The minimum Gasteiger partial charge on any atom is -0.393 e. The van der Waals surface area contributed by atoms with E-state index in [4.69, 9.17) is 0 Å². The van der Waals surface area contributed by atoms with E-state index in [0.29, 0.717) is 11.3 Å². The molecule has 0 bridgehead atoms. The van der Waals surface area contributed by atoms with Gasteiger partial charge in [-0.1, -0.05) is 34.6 Å². The van der Waals surface area contributed by atoms with Crippen LogP contribution >= 0.6 is 0 Å². The zero-order chi connectivity index (χ0) is 14.1. The minimum absolute atomic E-state index is 0.228. The van der Waals surface area contributed by atoms with Crippen LogP contribution in [-0.4, -0.2) is 21.9 Å². The second kappa shape index (κ2) is 5.50. The molecule has 0 spiro atoms. The van der Waals surface area contributed by atoms with Gasteiger partial charge in [-0.05, 0) is 55.8 Å². The number of hydrogen-bond donors (Lipinski definition) is 2. The Morgan fingerprint density at radius 2 is 1.67 bits per heavy atom. The van der Waals surface area contributed by atoms with Crippen molar-refractivity contribution >= 4 is 0 Å². The molecule has 4 atom stereocenters. The van der Waals surface area contributed by atoms with Gasteiger partial charge in [0.1, 0.15) is 0 Å². The van der Waals surface area contributed by atoms with E-state index in [9.17, 15) is 10.2 Å². The third-order valence-electron chi connectivity index (χ3n) is 5.09. The molecule has 4 unspecified atom stereocenters. The van der Waals surface area contributed by atoms with Gasteiger partial charge in [0.05, 0.1) is 11.7 Å². The lowest BCUT2D eigenvalue weighted by molar-refractivity contribution is -0.0566. The Hall–Kier alpha value is -0.0800. The van der Waals surface area contributed by atoms with Crippen molar-refractivity contribution in [3.05, 3.63) is 0 Å². The van der Waals surface area contributed by atoms with Crippen molar-refractivity contribution in [2.24, 2.45) is 23.2 Å². The molecule has 0 aliphatic heterocycles. The fraction of sp³-hybridized carbons (Fsp3) is 1.00. The average molecular weight is 256 g/mol. The first kappa shape index (κ1) is 16.0. The molecule has 0 aromatic rings. The van der Waals surface area contributed by atoms with E-state index in [0.717, 1.165) is 25.7 Å². The van der Waals surface area contributed by atoms with Crippen molar-refractivity contribution in [1.29, 1.82) is 0 Å². The van der Waals surface area contributed by atoms with Gasteiger partial charge >= 0.3 is 0 Å². The zero-order valence-electron chi connectivity index (χ0n) is 13.0. The molecule has 0 heterocycles. The third kappa shape index (κ3) is 3.96. The van der Waals surface area contributed by atoms with Crippen LogP contribution in [0.3, 0.4) is 0 Å². The molecule has 2 heteroatoms. The normalized spacial score (nSPS) is 33.5. The Morgan fingerprint density at radius 3 is 2.11 bits per heavy atom. The van der Waals surface area contributed by atoms with Crippen molar-refractivity contribution in [2.45, 2.75) is 78.9 Å². The molecule has 0 amide bonds. The number of rotatable bonds is 3. The summed E-state index contributed by atoms with van der Waals surface area (Å²) in [4.78, 5) is 0. The first-order valence-corrected chi connectivity index (χ1v) is 7.44. The van der Waals surface area contributed by atoms with Crippen LogP contribution in [0.1, 0.15) is 67.2 Å². The van der Waals surface area contributed by atoms with E-state index < -0.39 is 5.60 Å². The quantitative estimate of drug-likeness (QED) is 0.810. The molecule has 1 rings (SSSR count). The van der Waals surface area contributed by atoms with E-state index in [1.807, 2.05) is 6.92 Å². The van der Waals surface area contributed by atoms with Gasteiger partial charge in [0.25, 0.3) is 0 Å². The molecular weight excluding hydrogens is 224 g/mol. The molecule has 1 aliphatic rings. The fourth-order valence-corrected chi connectivity index (χ4v) is 3.02. The summed E-state index contributed by atoms with van der Waals surface area (Å²) in [7, 11) is 0. The number of hydrogen-bond acceptors (Lipinski definition) is 2. The van der Waals surface area contributed by atoms with Gasteiger partial charge in [0.15, 0.2) is 0 Å². The Kier molecular flexibility index (Phi) is 4.88. The molecule has 0 saturated heterocycles. The van der Waals surface area contributed by atoms with Crippen LogP contribution in [-0.2, 0) is 0 Å². The van der Waals surface area contributed by atoms with Crippen molar-refractivity contribution in [2.75, 3.05) is 0 Å². The summed E-state index contributed by atoms with van der Waals surface area (Å²) in [5.74, 6) is 1.15. The van der Waals surface area contributed by atoms with Crippen LogP contribution in [0, 0.1) is 23.2 Å². The standard InChI is InChI=1S/C16H32O2/c1-11(2)16(6,18)10-12-9-13(15(3,4)5)7-8-14(12)17/h11-14,17-18H,7-10H2,1-6H3. The van der Waals surface area contributed by atoms with Crippen LogP contribution < -0.4 is 0 Å². The summed E-state index contributed by atoms with van der Waals surface area (Å²) in [5, 5.41) is 20.6. The largest absolute Gasteiger partial charge is 0.393 e. The van der Waals surface area contributed by atoms with Gasteiger partial charge in [0, 0.05) is 0 Å². The Balaban J connectivity index is 2.69. The fourth-order valence-electron chi connectivity index (χ4n) is 3.02. The second-order valence-corrected chi connectivity index (χ2v) is 7.92. The van der Waals surface area contributed by atoms with Gasteiger partial charge in [-0.3, -0.25) is 0 Å². The lowest BCUT2D eigenvalue weighted by Crippen LogP contribution is -2.41. The molecule has 0 aromatic heterocycles. The van der Waals surface area contributed by atoms with Crippen LogP contribution in [0.25, 0.3) is 0 Å². The van der Waals surface area contributed by atoms with Gasteiger partial charge in [0.2, 0.25) is 0 Å². The van der Waals surface area contributed by atoms with E-state index in [1.54, 1.807) is 0 Å². The monoisotopic (exact) mass is 256 g/mol. The maximum Gasteiger partial charge on any atom is 0.0646 e. The smallest absolute Gasteiger partial charge is 0.0646 e. The molecule has 0 radical (unpaired) electrons. The van der Waals surface area contributed by atoms with Crippen molar-refractivity contribution in [3.8, 4) is 0 Å². The summed E-state index contributed by atoms with van der Waals surface area (Å²) in [5.41, 5.74) is -0.354. The van der Waals surface area contributed by atoms with Crippen molar-refractivity contribution < 1.29 is 10.2 Å². The summed E-state index contributed by atoms with van der Waals surface area (Å²) >= 11 is 0. The summed E-state index contributed by atoms with van der Waals surface area (Å²) in [6.07, 6.45) is 3.55. The lowest BCUT2D eigenvalue weighted by atomic mass is 9.65. The van der Waals surface area contributed by atoms with Crippen LogP contribution in [0.5, 0.6) is 0 Å². The highest BCUT2D eigenvalue weighted by atomic mass is 16.3. The molecule has 1 aliphatic carbocycles. The van der Waals surface area contributed by atoms with Crippen molar-refractivity contribution in [3.63, 3.8) is 0 Å². The topological polar surface area (TPSA) is 40.5 Å². The van der Waals surface area contributed by atoms with Crippen LogP contribution in [0.15, 0.2) is 0 Å². The molecule has 18 heavy (non-hydrogen) atoms. The Labute approximate surface area is 113 Å². The molecular formula is C16H32O2. The highest BCUT2D eigenvalue weighted by Crippen LogP contribution is 2.43. The van der Waals surface area contributed by atoms with Crippen molar-refractivity contribution in [1.82, 2.24) is 0 Å². The highest BCUT2D eigenvalue weighted by molar-refractivity contribution is 4.90. The minimum atomic E-state index is -0.661. The first-order valence-electron chi connectivity index (χ1n) is 7.44. The molecule has 1 fully saturated rings. The molecule has 1 saturated carbocycles. The predicted octanol–water partition coefficient (Wildman–Crippen LogP) is 3.61. The Morgan fingerprint density at radius 1 is 1.11 bits per heavy atom. The second-order valence-electron chi connectivity index (χ2n) is 7.92. The highest BCUT2D eigenvalue weighted by Gasteiger charge is 2.39. The summed E-state index contributed by atoms with van der Waals surface area (Å²) in [6, 6.07) is 0. The average Bonchev–Trinajstić information content (AvgIpc) is 2.19. The van der Waals surface area contributed by atoms with Gasteiger partial charge < -0.3 is 10.2 Å². The maximum atomic E-state index is 10.4. The van der Waals surface area contributed by atoms with Gasteiger partial charge in [-0.2, -0.15) is 0 Å². The van der Waals surface area contributed by atoms with E-state index >= 15 is 0 Å². The lowest BCUT2D eigenvalue weighted by Gasteiger charge is -2.43. The van der Waals surface area contributed by atoms with E-state index in [2.05, 4.69) is 34.6 Å². The van der Waals surface area contributed by atoms with Crippen LogP contribution in [0.4, 0.5) is 0 Å². The summed E-state index contributed by atoms with van der Waals surface area (Å²) < 4.78 is 0. The molecule has 108 valence electrons. The van der Waals surface area contributed by atoms with E-state index in [-0.39, 0.29) is 17.9 Å². The SMILES string of the molecule is CC(C)C(C)(O)CC1CC(C(C)(C)C)CCC1O. The van der Waals surface area contributed by atoms with Crippen LogP contribution in [0.2, 0.25) is 0 Å². The third-order valence-corrected chi connectivity index (χ3v) is 5.09. The number of aliphatic hydroxyl groups is 2. The molecule has 0 aromatic carbocycles. The maximum absolute atomic E-state index is 10.4. The zero-order valence-corrected chi connectivity index (χ0v) is 13.0. The van der Waals surface area contributed by atoms with E-state index in [1.165, 1.54) is 0 Å². The molecule has 2 N–H and O–H groups in total. The van der Waals surface area contributed by atoms with Gasteiger partial charge in [-0.25, -0.2) is 0 Å².